The van der Waals surface area contributed by atoms with Gasteiger partial charge in [-0.05, 0) is 30.9 Å². The molecule has 2 unspecified atom stereocenters. The normalized spacial score (nSPS) is 22.6. The lowest BCUT2D eigenvalue weighted by atomic mass is 9.79. The van der Waals surface area contributed by atoms with Crippen molar-refractivity contribution in [3.63, 3.8) is 0 Å². The van der Waals surface area contributed by atoms with Gasteiger partial charge in [-0.25, -0.2) is 11.6 Å². The molecule has 2 aromatic rings. The number of halogens is 1. The molecule has 1 aromatic heterocycles. The van der Waals surface area contributed by atoms with Gasteiger partial charge < -0.3 is 4.85 Å². The smallest absolute Gasteiger partial charge is 0.272 e. The third-order valence-corrected chi connectivity index (χ3v) is 5.25. The summed E-state index contributed by atoms with van der Waals surface area (Å²) in [6, 6.07) is 7.56. The van der Waals surface area contributed by atoms with Crippen LogP contribution >= 0.6 is 11.6 Å². The molecule has 1 aliphatic carbocycles. The topological polar surface area (TPSA) is 45.4 Å². The Bertz CT molecular complexity index is 841. The molecule has 0 radical (unpaired) electrons. The van der Waals surface area contributed by atoms with Gasteiger partial charge in [0.2, 0.25) is 0 Å². The Balaban J connectivity index is 1.92. The van der Waals surface area contributed by atoms with Gasteiger partial charge in [-0.1, -0.05) is 43.1 Å². The summed E-state index contributed by atoms with van der Waals surface area (Å²) in [6.45, 7) is 9.93. The van der Waals surface area contributed by atoms with Crippen molar-refractivity contribution in [2.24, 2.45) is 4.99 Å². The van der Waals surface area contributed by atoms with E-state index in [2.05, 4.69) is 22.0 Å². The van der Waals surface area contributed by atoms with Crippen LogP contribution in [0.25, 0.3) is 4.85 Å². The maximum atomic E-state index is 7.81. The van der Waals surface area contributed by atoms with Crippen LogP contribution in [0.4, 0.5) is 5.82 Å². The zero-order valence-electron chi connectivity index (χ0n) is 13.6. The number of H-pyrrole nitrogens is 1. The van der Waals surface area contributed by atoms with Gasteiger partial charge in [-0.3, -0.25) is 5.10 Å². The summed E-state index contributed by atoms with van der Waals surface area (Å²) in [7, 11) is 0. The van der Waals surface area contributed by atoms with E-state index in [1.807, 2.05) is 24.3 Å². The first-order chi connectivity index (χ1) is 11.7. The van der Waals surface area contributed by atoms with E-state index in [1.54, 1.807) is 0 Å². The van der Waals surface area contributed by atoms with Crippen LogP contribution in [0.3, 0.4) is 0 Å². The van der Waals surface area contributed by atoms with E-state index in [-0.39, 0.29) is 12.0 Å². The summed E-state index contributed by atoms with van der Waals surface area (Å²) < 4.78 is 0. The van der Waals surface area contributed by atoms with E-state index in [0.29, 0.717) is 10.9 Å². The molecular formula is C19H19ClN4. The number of rotatable bonds is 4. The fraction of sp³-hybridized carbons (Fsp3) is 0.421. The molecule has 5 heteroatoms. The molecule has 0 spiro atoms. The first kappa shape index (κ1) is 15.4. The van der Waals surface area contributed by atoms with Crippen LogP contribution in [-0.4, -0.2) is 22.0 Å². The highest BCUT2D eigenvalue weighted by Gasteiger charge is 2.44. The van der Waals surface area contributed by atoms with Crippen LogP contribution in [0, 0.1) is 6.57 Å². The third kappa shape index (κ3) is 2.44. The molecule has 2 heterocycles. The molecule has 4 rings (SSSR count). The van der Waals surface area contributed by atoms with E-state index in [1.165, 1.54) is 12.8 Å². The van der Waals surface area contributed by atoms with Crippen LogP contribution in [0.15, 0.2) is 29.3 Å². The Morgan fingerprint density at radius 2 is 2.12 bits per heavy atom. The molecule has 2 atom stereocenters. The van der Waals surface area contributed by atoms with Gasteiger partial charge >= 0.3 is 0 Å². The number of benzene rings is 1. The van der Waals surface area contributed by atoms with E-state index in [4.69, 9.17) is 23.2 Å². The van der Waals surface area contributed by atoms with Crippen molar-refractivity contribution in [2.45, 2.75) is 50.5 Å². The highest BCUT2D eigenvalue weighted by atomic mass is 35.5. The molecule has 4 nitrogen and oxygen atoms in total. The van der Waals surface area contributed by atoms with E-state index >= 15 is 0 Å². The maximum absolute atomic E-state index is 7.81. The summed E-state index contributed by atoms with van der Waals surface area (Å²) in [5, 5.41) is 8.38. The molecule has 1 aliphatic heterocycles. The number of nitrogens with zero attached hydrogens (tertiary/aromatic N) is 3. The SMILES string of the molecule is [C-]#[N+]C1C(CCC)=Nc2n[nH]c(C3CC3)c2C1c1ccccc1Cl. The van der Waals surface area contributed by atoms with Gasteiger partial charge in [0.15, 0.2) is 5.82 Å². The second-order valence-electron chi connectivity index (χ2n) is 6.58. The van der Waals surface area contributed by atoms with Crippen molar-refractivity contribution >= 4 is 23.1 Å². The number of fused-ring (bicyclic) bond motifs is 1. The molecular weight excluding hydrogens is 320 g/mol. The number of hydrogen-bond donors (Lipinski definition) is 1. The zero-order valence-corrected chi connectivity index (χ0v) is 14.3. The quantitative estimate of drug-likeness (QED) is 0.760. The Kier molecular flexibility index (Phi) is 3.90. The Morgan fingerprint density at radius 3 is 2.79 bits per heavy atom. The number of nitrogens with one attached hydrogen (secondary N) is 1. The molecule has 1 N–H and O–H groups in total. The molecule has 0 saturated heterocycles. The van der Waals surface area contributed by atoms with Gasteiger partial charge in [0.25, 0.3) is 6.04 Å². The standard InChI is InChI=1S/C19H19ClN4/c1-3-6-14-18(21-2)15(12-7-4-5-8-13(12)20)16-17(11-9-10-11)23-24-19(16)22-14/h4-5,7-8,11,15,18H,3,6,9-10H2,1H3,(H,23,24). The minimum atomic E-state index is -0.299. The largest absolute Gasteiger partial charge is 0.306 e. The summed E-state index contributed by atoms with van der Waals surface area (Å²) in [5.41, 5.74) is 4.18. The summed E-state index contributed by atoms with van der Waals surface area (Å²) in [5.74, 6) is 1.20. The monoisotopic (exact) mass is 338 g/mol. The zero-order chi connectivity index (χ0) is 16.7. The van der Waals surface area contributed by atoms with Gasteiger partial charge in [0.05, 0.1) is 5.92 Å². The fourth-order valence-electron chi connectivity index (χ4n) is 3.64. The van der Waals surface area contributed by atoms with Gasteiger partial charge in [0.1, 0.15) is 5.71 Å². The molecule has 122 valence electrons. The van der Waals surface area contributed by atoms with Crippen LogP contribution in [0.5, 0.6) is 0 Å². The Labute approximate surface area is 146 Å². The lowest BCUT2D eigenvalue weighted by Crippen LogP contribution is -2.29. The third-order valence-electron chi connectivity index (χ3n) is 4.90. The minimum Gasteiger partial charge on any atom is -0.306 e. The second-order valence-corrected chi connectivity index (χ2v) is 6.98. The molecule has 1 saturated carbocycles. The minimum absolute atomic E-state index is 0.0837. The Morgan fingerprint density at radius 1 is 1.33 bits per heavy atom. The first-order valence-electron chi connectivity index (χ1n) is 8.51. The second kappa shape index (κ2) is 6.07. The van der Waals surface area contributed by atoms with Crippen molar-refractivity contribution in [3.05, 3.63) is 57.5 Å². The lowest BCUT2D eigenvalue weighted by molar-refractivity contribution is 0.758. The molecule has 1 fully saturated rings. The summed E-state index contributed by atoms with van der Waals surface area (Å²) in [6.07, 6.45) is 4.14. The van der Waals surface area contributed by atoms with Crippen LogP contribution in [0.2, 0.25) is 5.02 Å². The number of aromatic nitrogens is 2. The summed E-state index contributed by atoms with van der Waals surface area (Å²) in [4.78, 5) is 8.71. The summed E-state index contributed by atoms with van der Waals surface area (Å²) >= 11 is 6.51. The van der Waals surface area contributed by atoms with Gasteiger partial charge in [0, 0.05) is 22.2 Å². The van der Waals surface area contributed by atoms with Gasteiger partial charge in [-0.15, -0.1) is 0 Å². The van der Waals surface area contributed by atoms with Crippen LogP contribution in [0.1, 0.15) is 61.3 Å². The van der Waals surface area contributed by atoms with E-state index in [0.717, 1.165) is 41.2 Å². The molecule has 24 heavy (non-hydrogen) atoms. The number of aromatic amines is 1. The molecule has 0 amide bonds. The van der Waals surface area contributed by atoms with E-state index < -0.39 is 0 Å². The predicted octanol–water partition coefficient (Wildman–Crippen LogP) is 5.25. The van der Waals surface area contributed by atoms with Crippen molar-refractivity contribution < 1.29 is 0 Å². The van der Waals surface area contributed by atoms with Crippen molar-refractivity contribution in [2.75, 3.05) is 0 Å². The van der Waals surface area contributed by atoms with Crippen LogP contribution in [-0.2, 0) is 0 Å². The fourth-order valence-corrected chi connectivity index (χ4v) is 3.90. The number of aliphatic imine (C=N–C) groups is 1. The predicted molar refractivity (Wildman–Crippen MR) is 96.3 cm³/mol. The molecule has 0 bridgehead atoms. The first-order valence-corrected chi connectivity index (χ1v) is 8.89. The van der Waals surface area contributed by atoms with E-state index in [9.17, 15) is 0 Å². The average Bonchev–Trinajstić information content (AvgIpc) is 3.35. The highest BCUT2D eigenvalue weighted by Crippen LogP contribution is 2.50. The van der Waals surface area contributed by atoms with Crippen molar-refractivity contribution in [3.8, 4) is 0 Å². The highest BCUT2D eigenvalue weighted by molar-refractivity contribution is 6.31. The van der Waals surface area contributed by atoms with Crippen molar-refractivity contribution in [1.82, 2.24) is 10.2 Å². The average molecular weight is 339 g/mol. The van der Waals surface area contributed by atoms with Crippen molar-refractivity contribution in [1.29, 1.82) is 0 Å². The van der Waals surface area contributed by atoms with Gasteiger partial charge in [-0.2, -0.15) is 5.10 Å². The molecule has 2 aliphatic rings. The molecule has 1 aromatic carbocycles. The number of hydrogen-bond acceptors (Lipinski definition) is 2. The lowest BCUT2D eigenvalue weighted by Gasteiger charge is -2.25. The van der Waals surface area contributed by atoms with Crippen LogP contribution < -0.4 is 0 Å². The Hall–Kier alpha value is -2.12. The maximum Gasteiger partial charge on any atom is 0.272 e.